The lowest BCUT2D eigenvalue weighted by atomic mass is 10.1. The van der Waals surface area contributed by atoms with Gasteiger partial charge < -0.3 is 15.1 Å². The monoisotopic (exact) mass is 421 g/mol. The molecule has 8 heteroatoms. The third-order valence-electron chi connectivity index (χ3n) is 5.34. The van der Waals surface area contributed by atoms with E-state index >= 15 is 0 Å². The van der Waals surface area contributed by atoms with Gasteiger partial charge in [-0.1, -0.05) is 30.3 Å². The minimum absolute atomic E-state index is 0.0332. The predicted molar refractivity (Wildman–Crippen MR) is 114 cm³/mol. The number of nitrogens with one attached hydrogen (secondary N) is 1. The summed E-state index contributed by atoms with van der Waals surface area (Å²) in [5.41, 5.74) is 2.30. The summed E-state index contributed by atoms with van der Waals surface area (Å²) in [6, 6.07) is 15.8. The third kappa shape index (κ3) is 5.09. The summed E-state index contributed by atoms with van der Waals surface area (Å²) in [6.45, 7) is 2.18. The van der Waals surface area contributed by atoms with E-state index in [9.17, 15) is 14.0 Å². The number of amides is 3. The molecule has 0 aliphatic carbocycles. The second kappa shape index (κ2) is 9.42. The minimum atomic E-state index is -0.370. The Hall–Kier alpha value is -3.68. The molecule has 1 aliphatic rings. The van der Waals surface area contributed by atoms with Crippen molar-refractivity contribution in [3.8, 4) is 5.69 Å². The Morgan fingerprint density at radius 1 is 0.968 bits per heavy atom. The van der Waals surface area contributed by atoms with Gasteiger partial charge in [-0.3, -0.25) is 4.79 Å². The normalized spacial score (nSPS) is 13.8. The highest BCUT2D eigenvalue weighted by molar-refractivity contribution is 5.79. The number of rotatable bonds is 5. The van der Waals surface area contributed by atoms with Crippen LogP contribution in [-0.2, 0) is 17.8 Å². The average molecular weight is 421 g/mol. The van der Waals surface area contributed by atoms with E-state index in [1.807, 2.05) is 36.5 Å². The molecular weight excluding hydrogens is 397 g/mol. The fraction of sp³-hybridized carbons (Fsp3) is 0.261. The molecule has 2 heterocycles. The van der Waals surface area contributed by atoms with Crippen LogP contribution < -0.4 is 5.32 Å². The molecule has 0 saturated carbocycles. The van der Waals surface area contributed by atoms with E-state index in [1.165, 1.54) is 6.07 Å². The fourth-order valence-corrected chi connectivity index (χ4v) is 3.60. The van der Waals surface area contributed by atoms with Gasteiger partial charge in [0.15, 0.2) is 0 Å². The lowest BCUT2D eigenvalue weighted by molar-refractivity contribution is -0.131. The van der Waals surface area contributed by atoms with Crippen LogP contribution in [0.3, 0.4) is 0 Å². The van der Waals surface area contributed by atoms with Gasteiger partial charge in [-0.15, -0.1) is 0 Å². The number of nitrogens with zero attached hydrogens (tertiary/aromatic N) is 4. The van der Waals surface area contributed by atoms with Crippen LogP contribution in [0.15, 0.2) is 67.0 Å². The van der Waals surface area contributed by atoms with E-state index in [0.717, 1.165) is 11.3 Å². The van der Waals surface area contributed by atoms with E-state index in [1.54, 1.807) is 38.9 Å². The maximum atomic E-state index is 13.8. The van der Waals surface area contributed by atoms with Gasteiger partial charge in [-0.2, -0.15) is 5.10 Å². The predicted octanol–water partition coefficient (Wildman–Crippen LogP) is 2.61. The van der Waals surface area contributed by atoms with Gasteiger partial charge in [0.2, 0.25) is 5.91 Å². The van der Waals surface area contributed by atoms with Crippen LogP contribution in [0.1, 0.15) is 11.1 Å². The van der Waals surface area contributed by atoms with Gasteiger partial charge in [0, 0.05) is 45.1 Å². The highest BCUT2D eigenvalue weighted by Gasteiger charge is 2.24. The Morgan fingerprint density at radius 3 is 2.48 bits per heavy atom. The number of carbonyl (C=O) groups excluding carboxylic acids is 2. The number of piperazine rings is 1. The van der Waals surface area contributed by atoms with Gasteiger partial charge in [-0.25, -0.2) is 13.9 Å². The average Bonchev–Trinajstić information content (AvgIpc) is 3.34. The fourth-order valence-electron chi connectivity index (χ4n) is 3.60. The molecule has 1 fully saturated rings. The Labute approximate surface area is 180 Å². The maximum Gasteiger partial charge on any atom is 0.317 e. The van der Waals surface area contributed by atoms with Crippen LogP contribution in [-0.4, -0.2) is 57.7 Å². The molecule has 7 nitrogen and oxygen atoms in total. The second-order valence-corrected chi connectivity index (χ2v) is 7.42. The summed E-state index contributed by atoms with van der Waals surface area (Å²) in [4.78, 5) is 28.4. The second-order valence-electron chi connectivity index (χ2n) is 7.42. The van der Waals surface area contributed by atoms with Crippen molar-refractivity contribution in [1.82, 2.24) is 24.9 Å². The standard InChI is InChI=1S/C23H24FN5O2/c24-21-8-2-1-6-19(21)16-22(30)27-11-13-28(14-12-27)23(31)25-17-18-5-3-7-20(15-18)29-10-4-9-26-29/h1-10,15H,11-14,16-17H2,(H,25,31). The maximum absolute atomic E-state index is 13.8. The first-order chi connectivity index (χ1) is 15.1. The summed E-state index contributed by atoms with van der Waals surface area (Å²) in [7, 11) is 0. The number of hydrogen-bond donors (Lipinski definition) is 1. The highest BCUT2D eigenvalue weighted by atomic mass is 19.1. The number of hydrogen-bond acceptors (Lipinski definition) is 3. The smallest absolute Gasteiger partial charge is 0.317 e. The molecule has 4 rings (SSSR count). The zero-order chi connectivity index (χ0) is 21.6. The first kappa shape index (κ1) is 20.6. The van der Waals surface area contributed by atoms with Gasteiger partial charge >= 0.3 is 6.03 Å². The third-order valence-corrected chi connectivity index (χ3v) is 5.34. The van der Waals surface area contributed by atoms with Crippen LogP contribution in [0.25, 0.3) is 5.69 Å². The van der Waals surface area contributed by atoms with Crippen LogP contribution >= 0.6 is 0 Å². The summed E-state index contributed by atoms with van der Waals surface area (Å²) in [5.74, 6) is -0.494. The molecule has 3 aromatic rings. The Bertz CT molecular complexity index is 1050. The molecule has 2 aromatic carbocycles. The lowest BCUT2D eigenvalue weighted by Crippen LogP contribution is -2.53. The molecule has 160 valence electrons. The number of halogens is 1. The van der Waals surface area contributed by atoms with Crippen molar-refractivity contribution in [2.75, 3.05) is 26.2 Å². The van der Waals surface area contributed by atoms with E-state index < -0.39 is 0 Å². The first-order valence-electron chi connectivity index (χ1n) is 10.2. The van der Waals surface area contributed by atoms with Crippen molar-refractivity contribution >= 4 is 11.9 Å². The van der Waals surface area contributed by atoms with E-state index in [-0.39, 0.29) is 24.2 Å². The number of aromatic nitrogens is 2. The minimum Gasteiger partial charge on any atom is -0.339 e. The van der Waals surface area contributed by atoms with Crippen LogP contribution in [0.2, 0.25) is 0 Å². The van der Waals surface area contributed by atoms with Crippen molar-refractivity contribution in [3.05, 3.63) is 83.9 Å². The molecule has 0 spiro atoms. The molecule has 1 saturated heterocycles. The zero-order valence-electron chi connectivity index (χ0n) is 17.1. The molecule has 3 amide bonds. The van der Waals surface area contributed by atoms with Gasteiger partial charge in [0.1, 0.15) is 5.82 Å². The van der Waals surface area contributed by atoms with Gasteiger partial charge in [-0.05, 0) is 35.4 Å². The van der Waals surface area contributed by atoms with Crippen LogP contribution in [0, 0.1) is 5.82 Å². The summed E-state index contributed by atoms with van der Waals surface area (Å²) < 4.78 is 15.5. The van der Waals surface area contributed by atoms with Crippen molar-refractivity contribution in [2.24, 2.45) is 0 Å². The zero-order valence-corrected chi connectivity index (χ0v) is 17.1. The van der Waals surface area contributed by atoms with E-state index in [2.05, 4.69) is 10.4 Å². The Balaban J connectivity index is 1.25. The molecular formula is C23H24FN5O2. The van der Waals surface area contributed by atoms with E-state index in [4.69, 9.17) is 0 Å². The van der Waals surface area contributed by atoms with Crippen molar-refractivity contribution in [3.63, 3.8) is 0 Å². The quantitative estimate of drug-likeness (QED) is 0.689. The van der Waals surface area contributed by atoms with E-state index in [0.29, 0.717) is 38.3 Å². The Morgan fingerprint density at radius 2 is 1.74 bits per heavy atom. The molecule has 1 N–H and O–H groups in total. The largest absolute Gasteiger partial charge is 0.339 e. The molecule has 0 atom stereocenters. The molecule has 31 heavy (non-hydrogen) atoms. The SMILES string of the molecule is O=C(Cc1ccccc1F)N1CCN(C(=O)NCc2cccc(-n3cccn3)c2)CC1. The van der Waals surface area contributed by atoms with Crippen molar-refractivity contribution in [2.45, 2.75) is 13.0 Å². The summed E-state index contributed by atoms with van der Waals surface area (Å²) in [6.07, 6.45) is 3.62. The van der Waals surface area contributed by atoms with Crippen molar-refractivity contribution in [1.29, 1.82) is 0 Å². The molecule has 0 bridgehead atoms. The molecule has 0 unspecified atom stereocenters. The number of benzene rings is 2. The molecule has 1 aliphatic heterocycles. The topological polar surface area (TPSA) is 70.5 Å². The summed E-state index contributed by atoms with van der Waals surface area (Å²) in [5, 5.41) is 7.15. The lowest BCUT2D eigenvalue weighted by Gasteiger charge is -2.34. The number of carbonyl (C=O) groups is 2. The summed E-state index contributed by atoms with van der Waals surface area (Å²) >= 11 is 0. The Kier molecular flexibility index (Phi) is 6.26. The highest BCUT2D eigenvalue weighted by Crippen LogP contribution is 2.12. The van der Waals surface area contributed by atoms with Crippen molar-refractivity contribution < 1.29 is 14.0 Å². The van der Waals surface area contributed by atoms with Gasteiger partial charge in [0.25, 0.3) is 0 Å². The molecule has 1 aromatic heterocycles. The van der Waals surface area contributed by atoms with Gasteiger partial charge in [0.05, 0.1) is 12.1 Å². The van der Waals surface area contributed by atoms with Crippen LogP contribution in [0.4, 0.5) is 9.18 Å². The van der Waals surface area contributed by atoms with Crippen LogP contribution in [0.5, 0.6) is 0 Å². The molecule has 0 radical (unpaired) electrons. The number of urea groups is 1. The first-order valence-corrected chi connectivity index (χ1v) is 10.2.